The molecule has 6 heteroatoms. The molecule has 2 atom stereocenters. The Balaban J connectivity index is 2.07. The van der Waals surface area contributed by atoms with E-state index in [-0.39, 0.29) is 18.5 Å². The third kappa shape index (κ3) is 2.51. The summed E-state index contributed by atoms with van der Waals surface area (Å²) in [4.78, 5) is 5.82. The highest BCUT2D eigenvalue weighted by Gasteiger charge is 2.35. The average molecular weight is 301 g/mol. The lowest BCUT2D eigenvalue weighted by Gasteiger charge is -2.26. The smallest absolute Gasteiger partial charge is 0.147 e. The minimum Gasteiger partial charge on any atom is -0.391 e. The van der Waals surface area contributed by atoms with Crippen molar-refractivity contribution in [3.63, 3.8) is 0 Å². The second-order valence-corrected chi connectivity index (χ2v) is 5.21. The second kappa shape index (κ2) is 5.70. The number of hydrogen-bond acceptors (Lipinski definition) is 4. The number of aromatic nitrogens is 1. The van der Waals surface area contributed by atoms with Crippen molar-refractivity contribution in [2.45, 2.75) is 18.6 Å². The van der Waals surface area contributed by atoms with Gasteiger partial charge in [0, 0.05) is 18.3 Å². The highest BCUT2D eigenvalue weighted by molar-refractivity contribution is 5.56. The number of anilines is 1. The van der Waals surface area contributed by atoms with Crippen LogP contribution in [0.5, 0.6) is 0 Å². The third-order valence-electron chi connectivity index (χ3n) is 3.78. The van der Waals surface area contributed by atoms with Crippen LogP contribution in [-0.2, 0) is 0 Å². The van der Waals surface area contributed by atoms with Crippen LogP contribution in [0.1, 0.15) is 23.6 Å². The van der Waals surface area contributed by atoms with E-state index in [1.54, 1.807) is 17.0 Å². The van der Waals surface area contributed by atoms with Crippen molar-refractivity contribution in [3.8, 4) is 6.07 Å². The van der Waals surface area contributed by atoms with E-state index in [1.165, 1.54) is 6.20 Å². The van der Waals surface area contributed by atoms with Crippen LogP contribution >= 0.6 is 0 Å². The van der Waals surface area contributed by atoms with Crippen LogP contribution in [0.2, 0.25) is 0 Å². The van der Waals surface area contributed by atoms with E-state index in [4.69, 9.17) is 0 Å². The molecule has 0 aliphatic carbocycles. The van der Waals surface area contributed by atoms with Crippen LogP contribution in [-0.4, -0.2) is 22.7 Å². The number of benzene rings is 1. The minimum absolute atomic E-state index is 0.158. The Morgan fingerprint density at radius 3 is 2.91 bits per heavy atom. The Morgan fingerprint density at radius 2 is 2.14 bits per heavy atom. The zero-order chi connectivity index (χ0) is 15.7. The molecule has 1 N–H and O–H groups in total. The Kier molecular flexibility index (Phi) is 3.73. The van der Waals surface area contributed by atoms with Gasteiger partial charge < -0.3 is 10.0 Å². The van der Waals surface area contributed by atoms with Crippen molar-refractivity contribution >= 4 is 5.82 Å². The van der Waals surface area contributed by atoms with Gasteiger partial charge in [-0.05, 0) is 36.8 Å². The molecule has 1 aliphatic heterocycles. The molecule has 0 saturated carbocycles. The molecule has 0 spiro atoms. The molecule has 1 saturated heterocycles. The number of nitrogens with zero attached hydrogens (tertiary/aromatic N) is 3. The number of aliphatic hydroxyl groups excluding tert-OH is 1. The SMILES string of the molecule is N#Cc1cccnc1N1CC(O)CC1c1cc(F)ccc1F. The standard InChI is InChI=1S/C16H13F2N3O/c17-11-3-4-14(18)13(6-11)15-7-12(22)9-21(15)16-10(8-19)2-1-5-20-16/h1-6,12,15,22H,7,9H2. The maximum Gasteiger partial charge on any atom is 0.147 e. The molecule has 1 aliphatic rings. The molecule has 112 valence electrons. The summed E-state index contributed by atoms with van der Waals surface area (Å²) in [5.41, 5.74) is 0.490. The Bertz CT molecular complexity index is 744. The van der Waals surface area contributed by atoms with Crippen molar-refractivity contribution < 1.29 is 13.9 Å². The lowest BCUT2D eigenvalue weighted by Crippen LogP contribution is -2.26. The van der Waals surface area contributed by atoms with Crippen LogP contribution in [0.4, 0.5) is 14.6 Å². The van der Waals surface area contributed by atoms with Gasteiger partial charge in [-0.15, -0.1) is 0 Å². The quantitative estimate of drug-likeness (QED) is 0.926. The Morgan fingerprint density at radius 1 is 1.32 bits per heavy atom. The first kappa shape index (κ1) is 14.4. The first-order valence-corrected chi connectivity index (χ1v) is 6.85. The molecule has 1 aromatic carbocycles. The maximum atomic E-state index is 14.1. The lowest BCUT2D eigenvalue weighted by molar-refractivity contribution is 0.194. The fourth-order valence-electron chi connectivity index (χ4n) is 2.83. The molecule has 2 unspecified atom stereocenters. The van der Waals surface area contributed by atoms with E-state index in [0.717, 1.165) is 18.2 Å². The molecular formula is C16H13F2N3O. The van der Waals surface area contributed by atoms with Gasteiger partial charge in [0.1, 0.15) is 23.5 Å². The van der Waals surface area contributed by atoms with Gasteiger partial charge >= 0.3 is 0 Å². The first-order chi connectivity index (χ1) is 10.6. The molecule has 1 fully saturated rings. The van der Waals surface area contributed by atoms with E-state index in [1.807, 2.05) is 6.07 Å². The van der Waals surface area contributed by atoms with E-state index in [2.05, 4.69) is 4.98 Å². The monoisotopic (exact) mass is 301 g/mol. The van der Waals surface area contributed by atoms with Gasteiger partial charge in [-0.25, -0.2) is 13.8 Å². The summed E-state index contributed by atoms with van der Waals surface area (Å²) in [7, 11) is 0. The van der Waals surface area contributed by atoms with Crippen LogP contribution in [0, 0.1) is 23.0 Å². The number of aliphatic hydroxyl groups is 1. The number of rotatable bonds is 2. The van der Waals surface area contributed by atoms with Gasteiger partial charge in [0.2, 0.25) is 0 Å². The summed E-state index contributed by atoms with van der Waals surface area (Å²) in [6, 6.07) is 7.95. The Hall–Kier alpha value is -2.52. The predicted octanol–water partition coefficient (Wildman–Crippen LogP) is 2.54. The summed E-state index contributed by atoms with van der Waals surface area (Å²) in [5.74, 6) is -0.714. The number of halogens is 2. The van der Waals surface area contributed by atoms with Gasteiger partial charge in [0.05, 0.1) is 17.7 Å². The van der Waals surface area contributed by atoms with E-state index in [0.29, 0.717) is 11.4 Å². The highest BCUT2D eigenvalue weighted by atomic mass is 19.1. The molecule has 2 heterocycles. The zero-order valence-electron chi connectivity index (χ0n) is 11.6. The maximum absolute atomic E-state index is 14.1. The van der Waals surface area contributed by atoms with Gasteiger partial charge in [-0.3, -0.25) is 0 Å². The van der Waals surface area contributed by atoms with Crippen molar-refractivity contribution in [2.24, 2.45) is 0 Å². The number of hydrogen-bond donors (Lipinski definition) is 1. The topological polar surface area (TPSA) is 60.2 Å². The van der Waals surface area contributed by atoms with Crippen LogP contribution < -0.4 is 4.90 Å². The summed E-state index contributed by atoms with van der Waals surface area (Å²) in [6.07, 6.45) is 1.09. The molecule has 4 nitrogen and oxygen atoms in total. The molecule has 22 heavy (non-hydrogen) atoms. The fourth-order valence-corrected chi connectivity index (χ4v) is 2.83. The van der Waals surface area contributed by atoms with E-state index in [9.17, 15) is 19.1 Å². The zero-order valence-corrected chi connectivity index (χ0v) is 11.6. The van der Waals surface area contributed by atoms with Crippen molar-refractivity contribution in [1.82, 2.24) is 4.98 Å². The average Bonchev–Trinajstić information content (AvgIpc) is 2.91. The summed E-state index contributed by atoms with van der Waals surface area (Å²) in [6.45, 7) is 0.215. The number of β-amino-alcohol motifs (C(OH)–C–C–N with tert-alkyl or cyclic N) is 1. The molecule has 3 rings (SSSR count). The molecule has 1 aromatic heterocycles. The van der Waals surface area contributed by atoms with Crippen LogP contribution in [0.15, 0.2) is 36.5 Å². The van der Waals surface area contributed by atoms with Crippen molar-refractivity contribution in [2.75, 3.05) is 11.4 Å². The summed E-state index contributed by atoms with van der Waals surface area (Å²) in [5, 5.41) is 19.1. The van der Waals surface area contributed by atoms with Crippen molar-refractivity contribution in [1.29, 1.82) is 5.26 Å². The number of pyridine rings is 1. The van der Waals surface area contributed by atoms with Gasteiger partial charge in [0.25, 0.3) is 0 Å². The lowest BCUT2D eigenvalue weighted by atomic mass is 10.0. The van der Waals surface area contributed by atoms with E-state index >= 15 is 0 Å². The van der Waals surface area contributed by atoms with Gasteiger partial charge in [0.15, 0.2) is 0 Å². The first-order valence-electron chi connectivity index (χ1n) is 6.85. The fraction of sp³-hybridized carbons (Fsp3) is 0.250. The molecule has 2 aromatic rings. The van der Waals surface area contributed by atoms with Crippen molar-refractivity contribution in [3.05, 3.63) is 59.3 Å². The van der Waals surface area contributed by atoms with Gasteiger partial charge in [-0.1, -0.05) is 0 Å². The molecule has 0 bridgehead atoms. The van der Waals surface area contributed by atoms with Gasteiger partial charge in [-0.2, -0.15) is 5.26 Å². The number of nitriles is 1. The second-order valence-electron chi connectivity index (χ2n) is 5.21. The summed E-state index contributed by atoms with van der Waals surface area (Å²) >= 11 is 0. The minimum atomic E-state index is -0.693. The van der Waals surface area contributed by atoms with E-state index < -0.39 is 23.8 Å². The van der Waals surface area contributed by atoms with Crippen LogP contribution in [0.25, 0.3) is 0 Å². The molecule has 0 amide bonds. The molecular weight excluding hydrogens is 288 g/mol. The molecule has 0 radical (unpaired) electrons. The largest absolute Gasteiger partial charge is 0.391 e. The Labute approximate surface area is 126 Å². The van der Waals surface area contributed by atoms with Crippen LogP contribution in [0.3, 0.4) is 0 Å². The summed E-state index contributed by atoms with van der Waals surface area (Å²) < 4.78 is 27.5. The normalized spacial score (nSPS) is 20.9. The predicted molar refractivity (Wildman–Crippen MR) is 76.0 cm³/mol. The highest BCUT2D eigenvalue weighted by Crippen LogP contribution is 2.37. The third-order valence-corrected chi connectivity index (χ3v) is 3.78.